The van der Waals surface area contributed by atoms with Crippen molar-refractivity contribution < 1.29 is 40.0 Å². The lowest BCUT2D eigenvalue weighted by Gasteiger charge is -2.32. The number of carbonyl (C=O) groups is 1. The highest BCUT2D eigenvalue weighted by Gasteiger charge is 2.47. The summed E-state index contributed by atoms with van der Waals surface area (Å²) in [6.45, 7) is -0.726. The third-order valence-corrected chi connectivity index (χ3v) is 6.44. The van der Waals surface area contributed by atoms with Crippen LogP contribution >= 0.6 is 0 Å². The highest BCUT2D eigenvalue weighted by Crippen LogP contribution is 2.44. The maximum Gasteiger partial charge on any atom is 0.523 e. The van der Waals surface area contributed by atoms with Crippen molar-refractivity contribution in [1.82, 2.24) is 4.90 Å². The molecule has 172 valence electrons. The maximum absolute atomic E-state index is 12.6. The van der Waals surface area contributed by atoms with Gasteiger partial charge in [0.1, 0.15) is 12.7 Å². The van der Waals surface area contributed by atoms with Crippen molar-refractivity contribution >= 4 is 16.2 Å². The van der Waals surface area contributed by atoms with Crippen LogP contribution in [0.1, 0.15) is 17.0 Å². The number of rotatable bonds is 5. The number of halogens is 3. The zero-order valence-electron chi connectivity index (χ0n) is 16.7. The van der Waals surface area contributed by atoms with Crippen LogP contribution in [0.15, 0.2) is 48.5 Å². The smallest absolute Gasteiger partial charge is 0.448 e. The predicted octanol–water partition coefficient (Wildman–Crippen LogP) is 3.50. The van der Waals surface area contributed by atoms with E-state index in [1.165, 1.54) is 4.90 Å². The fourth-order valence-electron chi connectivity index (χ4n) is 3.90. The summed E-state index contributed by atoms with van der Waals surface area (Å²) in [6.07, 6.45) is -1.68. The zero-order chi connectivity index (χ0) is 22.9. The largest absolute Gasteiger partial charge is 0.523 e. The molecule has 1 heterocycles. The Bertz CT molecular complexity index is 1060. The maximum atomic E-state index is 12.6. The standard InChI is InChI=1S/C21H20F3NO6S/c22-21(23,24)32(27,28)31-12-14-11-25(9-10-29-14)20(26)30-13-19-17-7-3-1-5-15(17)16-6-2-4-8-18(16)19/h1-8,14,19H,9-13H2. The number of alkyl halides is 3. The first-order chi connectivity index (χ1) is 15.2. The molecule has 1 amide bonds. The molecule has 2 aliphatic rings. The van der Waals surface area contributed by atoms with E-state index >= 15 is 0 Å². The van der Waals surface area contributed by atoms with Gasteiger partial charge in [-0.15, -0.1) is 0 Å². The summed E-state index contributed by atoms with van der Waals surface area (Å²) >= 11 is 0. The Balaban J connectivity index is 1.37. The average molecular weight is 471 g/mol. The molecule has 4 rings (SSSR count). The van der Waals surface area contributed by atoms with Crippen LogP contribution in [0.5, 0.6) is 0 Å². The van der Waals surface area contributed by atoms with Crippen LogP contribution in [0.25, 0.3) is 11.1 Å². The van der Waals surface area contributed by atoms with Gasteiger partial charge in [-0.3, -0.25) is 4.18 Å². The van der Waals surface area contributed by atoms with Gasteiger partial charge in [0.25, 0.3) is 0 Å². The summed E-state index contributed by atoms with van der Waals surface area (Å²) in [5, 5.41) is 0. The molecule has 32 heavy (non-hydrogen) atoms. The highest BCUT2D eigenvalue weighted by molar-refractivity contribution is 7.87. The molecular weight excluding hydrogens is 451 g/mol. The fraction of sp³-hybridized carbons (Fsp3) is 0.381. The minimum atomic E-state index is -5.73. The van der Waals surface area contributed by atoms with Gasteiger partial charge in [-0.25, -0.2) is 4.79 Å². The van der Waals surface area contributed by atoms with E-state index in [1.54, 1.807) is 0 Å². The van der Waals surface area contributed by atoms with E-state index in [0.29, 0.717) is 0 Å². The second kappa shape index (κ2) is 8.72. The lowest BCUT2D eigenvalue weighted by molar-refractivity contribution is -0.0679. The first-order valence-electron chi connectivity index (χ1n) is 9.84. The van der Waals surface area contributed by atoms with Gasteiger partial charge in [0.05, 0.1) is 19.8 Å². The zero-order valence-corrected chi connectivity index (χ0v) is 17.6. The number of ether oxygens (including phenoxy) is 2. The van der Waals surface area contributed by atoms with Crippen LogP contribution in [0.4, 0.5) is 18.0 Å². The Labute approximate surface area is 182 Å². The highest BCUT2D eigenvalue weighted by atomic mass is 32.2. The van der Waals surface area contributed by atoms with Crippen LogP contribution in [0.3, 0.4) is 0 Å². The number of hydrogen-bond donors (Lipinski definition) is 0. The van der Waals surface area contributed by atoms with E-state index in [1.807, 2.05) is 48.5 Å². The first kappa shape index (κ1) is 22.6. The molecule has 11 heteroatoms. The molecular formula is C21H20F3NO6S. The number of nitrogens with zero attached hydrogens (tertiary/aromatic N) is 1. The second-order valence-electron chi connectivity index (χ2n) is 7.43. The Kier molecular flexibility index (Phi) is 6.15. The van der Waals surface area contributed by atoms with E-state index in [2.05, 4.69) is 4.18 Å². The molecule has 0 N–H and O–H groups in total. The molecule has 2 aromatic carbocycles. The van der Waals surface area contributed by atoms with Gasteiger partial charge >= 0.3 is 21.7 Å². The van der Waals surface area contributed by atoms with Gasteiger partial charge in [-0.05, 0) is 22.3 Å². The van der Waals surface area contributed by atoms with Crippen molar-refractivity contribution in [3.8, 4) is 11.1 Å². The van der Waals surface area contributed by atoms with Gasteiger partial charge < -0.3 is 14.4 Å². The van der Waals surface area contributed by atoms with Crippen LogP contribution in [-0.2, 0) is 23.8 Å². The van der Waals surface area contributed by atoms with Gasteiger partial charge in [0, 0.05) is 12.5 Å². The third kappa shape index (κ3) is 4.45. The van der Waals surface area contributed by atoms with Crippen molar-refractivity contribution in [1.29, 1.82) is 0 Å². The van der Waals surface area contributed by atoms with Gasteiger partial charge in [-0.1, -0.05) is 48.5 Å². The van der Waals surface area contributed by atoms with E-state index in [-0.39, 0.29) is 32.2 Å². The lowest BCUT2D eigenvalue weighted by Crippen LogP contribution is -2.48. The van der Waals surface area contributed by atoms with Crippen molar-refractivity contribution in [2.24, 2.45) is 0 Å². The Morgan fingerprint density at radius 1 is 1.03 bits per heavy atom. The molecule has 1 unspecified atom stereocenters. The summed E-state index contributed by atoms with van der Waals surface area (Å²) in [5.41, 5.74) is -1.26. The summed E-state index contributed by atoms with van der Waals surface area (Å²) in [4.78, 5) is 13.9. The molecule has 1 saturated heterocycles. The molecule has 0 bridgehead atoms. The SMILES string of the molecule is O=C(OCC1c2ccccc2-c2ccccc21)N1CCOC(COS(=O)(=O)C(F)(F)F)C1. The number of hydrogen-bond acceptors (Lipinski definition) is 6. The van der Waals surface area contributed by atoms with Crippen molar-refractivity contribution in [2.75, 3.05) is 32.9 Å². The minimum Gasteiger partial charge on any atom is -0.448 e. The number of benzene rings is 2. The first-order valence-corrected chi connectivity index (χ1v) is 11.3. The molecule has 1 atom stereocenters. The predicted molar refractivity (Wildman–Crippen MR) is 107 cm³/mol. The summed E-state index contributed by atoms with van der Waals surface area (Å²) < 4.78 is 74.1. The summed E-state index contributed by atoms with van der Waals surface area (Å²) in [5.74, 6) is -0.136. The van der Waals surface area contributed by atoms with Crippen molar-refractivity contribution in [3.05, 3.63) is 59.7 Å². The molecule has 2 aromatic rings. The topological polar surface area (TPSA) is 82.1 Å². The lowest BCUT2D eigenvalue weighted by atomic mass is 9.98. The number of fused-ring (bicyclic) bond motifs is 3. The Morgan fingerprint density at radius 3 is 2.22 bits per heavy atom. The molecule has 7 nitrogen and oxygen atoms in total. The van der Waals surface area contributed by atoms with E-state index in [0.717, 1.165) is 22.3 Å². The van der Waals surface area contributed by atoms with Crippen LogP contribution in [0.2, 0.25) is 0 Å². The monoisotopic (exact) mass is 471 g/mol. The minimum absolute atomic E-state index is 0.0181. The second-order valence-corrected chi connectivity index (χ2v) is 9.03. The molecule has 1 fully saturated rings. The molecule has 0 radical (unpaired) electrons. The van der Waals surface area contributed by atoms with E-state index in [9.17, 15) is 26.4 Å². The van der Waals surface area contributed by atoms with Crippen LogP contribution in [0, 0.1) is 0 Å². The summed E-state index contributed by atoms with van der Waals surface area (Å²) in [7, 11) is -5.73. The van der Waals surface area contributed by atoms with Crippen LogP contribution in [-0.4, -0.2) is 63.9 Å². The Hall–Kier alpha value is -2.63. The van der Waals surface area contributed by atoms with E-state index < -0.39 is 34.4 Å². The average Bonchev–Trinajstić information content (AvgIpc) is 3.09. The quantitative estimate of drug-likeness (QED) is 0.491. The summed E-state index contributed by atoms with van der Waals surface area (Å²) in [6, 6.07) is 15.7. The van der Waals surface area contributed by atoms with Crippen molar-refractivity contribution in [3.63, 3.8) is 0 Å². The van der Waals surface area contributed by atoms with Crippen LogP contribution < -0.4 is 0 Å². The molecule has 0 saturated carbocycles. The number of amides is 1. The molecule has 1 aliphatic carbocycles. The normalized spacial score (nSPS) is 18.8. The van der Waals surface area contributed by atoms with Gasteiger partial charge in [-0.2, -0.15) is 21.6 Å². The number of carbonyl (C=O) groups excluding carboxylic acids is 1. The van der Waals surface area contributed by atoms with Crippen molar-refractivity contribution in [2.45, 2.75) is 17.5 Å². The fourth-order valence-corrected chi connectivity index (χ4v) is 4.37. The van der Waals surface area contributed by atoms with Gasteiger partial charge in [0.2, 0.25) is 0 Å². The number of morpholine rings is 1. The third-order valence-electron chi connectivity index (χ3n) is 5.43. The molecule has 1 aliphatic heterocycles. The van der Waals surface area contributed by atoms with E-state index in [4.69, 9.17) is 9.47 Å². The molecule has 0 spiro atoms. The Morgan fingerprint density at radius 2 is 1.62 bits per heavy atom. The molecule has 0 aromatic heterocycles. The van der Waals surface area contributed by atoms with Gasteiger partial charge in [0.15, 0.2) is 0 Å².